The first-order valence-electron chi connectivity index (χ1n) is 44.1. The molecule has 0 atom stereocenters. The van der Waals surface area contributed by atoms with E-state index in [2.05, 4.69) is 396 Å². The summed E-state index contributed by atoms with van der Waals surface area (Å²) in [6.07, 6.45) is 6.65. The summed E-state index contributed by atoms with van der Waals surface area (Å²) in [6, 6.07) is 103. The highest BCUT2D eigenvalue weighted by molar-refractivity contribution is 6.14. The normalized spacial score (nSPS) is 16.1. The number of pyridine rings is 5. The van der Waals surface area contributed by atoms with Gasteiger partial charge in [0.1, 0.15) is 28.7 Å². The molecule has 10 nitrogen and oxygen atoms in total. The molecule has 5 aliphatic carbocycles. The van der Waals surface area contributed by atoms with Crippen LogP contribution in [0.4, 0.5) is 0 Å². The minimum absolute atomic E-state index is 0.00401. The van der Waals surface area contributed by atoms with Crippen molar-refractivity contribution in [3.05, 3.63) is 359 Å². The molecule has 0 N–H and O–H groups in total. The van der Waals surface area contributed by atoms with E-state index in [1.807, 2.05) is 0 Å². The quantitative estimate of drug-likeness (QED) is 0.0860. The Kier molecular flexibility index (Phi) is 14.7. The Morgan fingerprint density at radius 1 is 0.224 bits per heavy atom. The lowest BCUT2D eigenvalue weighted by atomic mass is 9.80. The topological polar surface area (TPSA) is 65.5 Å². The highest BCUT2D eigenvalue weighted by Crippen LogP contribution is 2.60. The largest absolute Gasteiger partial charge is 0.435 e. The minimum atomic E-state index is -0.0419. The number of hydrogen-bond acceptors (Lipinski definition) is 5. The smallest absolute Gasteiger partial charge is 0.293 e. The Morgan fingerprint density at radius 3 is 1.30 bits per heavy atom. The molecule has 10 heterocycles. The second-order valence-corrected chi connectivity index (χ2v) is 38.2. The zero-order valence-corrected chi connectivity index (χ0v) is 71.7. The molecule has 125 heavy (non-hydrogen) atoms. The van der Waals surface area contributed by atoms with Crippen LogP contribution in [0.15, 0.2) is 304 Å². The van der Waals surface area contributed by atoms with Crippen LogP contribution < -0.4 is 46.5 Å². The SMILES string of the molecule is CC1(C)c2ccc[n+]3c2-c2c(cc4cc5ccccc5cc4c21)OC3.CC1(C)c2cccc3c2-c2c1c1c(ccc4ccccc41)c[n+]2CO3.CC1(C)c2cccc3c2-c2c1c1ccc4ccccc4c1c[n+]2CO3.CC1(C)c2cccc3c2-c2c1cc1c4ccccc4ccc1[n+]2CO3.CC1(C)c2cccc3c2-c2c1cc1ccc4ccccc4c1[n+]2CO3. The van der Waals surface area contributed by atoms with E-state index < -0.39 is 0 Å². The summed E-state index contributed by atoms with van der Waals surface area (Å²) in [5.74, 6) is 5.09. The lowest BCUT2D eigenvalue weighted by molar-refractivity contribution is -0.717. The second kappa shape index (κ2) is 25.4. The average molecular weight is 1620 g/mol. The van der Waals surface area contributed by atoms with E-state index in [0.717, 1.165) is 28.7 Å². The molecule has 0 unspecified atom stereocenters. The number of ether oxygens (including phenoxy) is 5. The summed E-state index contributed by atoms with van der Waals surface area (Å²) in [5, 5.41) is 23.5. The first kappa shape index (κ1) is 72.3. The Morgan fingerprint density at radius 2 is 0.664 bits per heavy atom. The van der Waals surface area contributed by atoms with Crippen molar-refractivity contribution >= 4 is 108 Å². The Hall–Kier alpha value is -14.4. The third-order valence-electron chi connectivity index (χ3n) is 29.9. The van der Waals surface area contributed by atoms with Crippen LogP contribution >= 0.6 is 0 Å². The number of nitrogens with zero attached hydrogens (tertiary/aromatic N) is 5. The molecular weight excluding hydrogens is 1530 g/mol. The molecule has 10 aliphatic rings. The first-order chi connectivity index (χ1) is 60.8. The highest BCUT2D eigenvalue weighted by Gasteiger charge is 2.53. The van der Waals surface area contributed by atoms with Crippen molar-refractivity contribution in [2.45, 2.75) is 130 Å². The number of rotatable bonds is 0. The third kappa shape index (κ3) is 9.82. The predicted octanol–water partition coefficient (Wildman–Crippen LogP) is 24.7. The molecule has 600 valence electrons. The fourth-order valence-electron chi connectivity index (χ4n) is 23.9. The summed E-state index contributed by atoms with van der Waals surface area (Å²) < 4.78 is 42.2. The maximum atomic E-state index is 6.18. The van der Waals surface area contributed by atoms with E-state index in [-0.39, 0.29) is 27.1 Å². The summed E-state index contributed by atoms with van der Waals surface area (Å²) in [4.78, 5) is 0. The zero-order valence-electron chi connectivity index (χ0n) is 71.7. The van der Waals surface area contributed by atoms with Gasteiger partial charge in [-0.1, -0.05) is 257 Å². The van der Waals surface area contributed by atoms with Gasteiger partial charge in [-0.3, -0.25) is 0 Å². The van der Waals surface area contributed by atoms with Gasteiger partial charge in [0.05, 0.1) is 44.0 Å². The molecule has 0 saturated carbocycles. The van der Waals surface area contributed by atoms with Gasteiger partial charge in [0.25, 0.3) is 33.7 Å². The van der Waals surface area contributed by atoms with Crippen molar-refractivity contribution in [3.63, 3.8) is 0 Å². The molecule has 20 aromatic rings. The van der Waals surface area contributed by atoms with Gasteiger partial charge in [0, 0.05) is 83.2 Å². The number of benzene rings is 15. The highest BCUT2D eigenvalue weighted by atomic mass is 16.5. The number of hydrogen-bond donors (Lipinski definition) is 0. The first-order valence-corrected chi connectivity index (χ1v) is 44.1. The molecule has 0 bridgehead atoms. The van der Waals surface area contributed by atoms with Crippen molar-refractivity contribution < 1.29 is 46.5 Å². The summed E-state index contributed by atoms with van der Waals surface area (Å²) >= 11 is 0. The lowest BCUT2D eigenvalue weighted by Crippen LogP contribution is -2.43. The molecule has 0 radical (unpaired) electrons. The Bertz CT molecular complexity index is 8190. The van der Waals surface area contributed by atoms with E-state index in [1.165, 1.54) is 220 Å². The van der Waals surface area contributed by atoms with Crippen molar-refractivity contribution in [2.75, 3.05) is 0 Å². The van der Waals surface area contributed by atoms with E-state index in [0.29, 0.717) is 33.7 Å². The minimum Gasteiger partial charge on any atom is -0.435 e. The van der Waals surface area contributed by atoms with Gasteiger partial charge in [0.15, 0.2) is 18.6 Å². The monoisotopic (exact) mass is 1620 g/mol. The molecule has 0 amide bonds. The number of aromatic nitrogens is 5. The van der Waals surface area contributed by atoms with Crippen molar-refractivity contribution in [2.24, 2.45) is 0 Å². The Labute approximate surface area is 724 Å². The average Bonchev–Trinajstić information content (AvgIpc) is 1.56. The van der Waals surface area contributed by atoms with Gasteiger partial charge in [0.2, 0.25) is 39.5 Å². The lowest BCUT2D eigenvalue weighted by Gasteiger charge is -2.22. The second-order valence-electron chi connectivity index (χ2n) is 38.2. The molecule has 0 spiro atoms. The molecule has 5 aromatic heterocycles. The van der Waals surface area contributed by atoms with Crippen molar-refractivity contribution in [1.29, 1.82) is 0 Å². The van der Waals surface area contributed by atoms with Gasteiger partial charge in [-0.05, 0) is 177 Å². The molecule has 30 rings (SSSR count). The molecule has 0 fully saturated rings. The van der Waals surface area contributed by atoms with E-state index >= 15 is 0 Å². The molecule has 5 aliphatic heterocycles. The molecular formula is C115H90N5O5+5. The van der Waals surface area contributed by atoms with Gasteiger partial charge in [-0.25, -0.2) is 0 Å². The summed E-state index contributed by atoms with van der Waals surface area (Å²) in [5.41, 5.74) is 29.5. The van der Waals surface area contributed by atoms with Crippen LogP contribution in [0.2, 0.25) is 0 Å². The van der Waals surface area contributed by atoms with E-state index in [4.69, 9.17) is 23.7 Å². The fraction of sp³-hybridized carbons (Fsp3) is 0.174. The molecule has 15 aromatic carbocycles. The summed E-state index contributed by atoms with van der Waals surface area (Å²) in [6.45, 7) is 26.2. The van der Waals surface area contributed by atoms with Crippen LogP contribution in [-0.2, 0) is 60.7 Å². The maximum absolute atomic E-state index is 6.18. The Balaban J connectivity index is 0.0000000833. The van der Waals surface area contributed by atoms with Crippen LogP contribution in [0.25, 0.3) is 164 Å². The molecule has 10 heteroatoms. The van der Waals surface area contributed by atoms with Gasteiger partial charge >= 0.3 is 0 Å². The van der Waals surface area contributed by atoms with Gasteiger partial charge < -0.3 is 23.7 Å². The van der Waals surface area contributed by atoms with Crippen LogP contribution in [0.5, 0.6) is 28.7 Å². The van der Waals surface area contributed by atoms with Gasteiger partial charge in [-0.2, -0.15) is 22.8 Å². The van der Waals surface area contributed by atoms with Crippen LogP contribution in [0, 0.1) is 0 Å². The van der Waals surface area contributed by atoms with Gasteiger partial charge in [-0.15, -0.1) is 0 Å². The number of fused-ring (bicyclic) bond motifs is 19. The van der Waals surface area contributed by atoms with E-state index in [9.17, 15) is 0 Å². The van der Waals surface area contributed by atoms with Crippen LogP contribution in [0.3, 0.4) is 0 Å². The van der Waals surface area contributed by atoms with Crippen LogP contribution in [-0.4, -0.2) is 0 Å². The molecule has 0 saturated heterocycles. The predicted molar refractivity (Wildman–Crippen MR) is 499 cm³/mol. The third-order valence-corrected chi connectivity index (χ3v) is 29.9. The summed E-state index contributed by atoms with van der Waals surface area (Å²) in [7, 11) is 0. The van der Waals surface area contributed by atoms with E-state index in [1.54, 1.807) is 0 Å². The van der Waals surface area contributed by atoms with Crippen molar-refractivity contribution in [3.8, 4) is 85.0 Å². The van der Waals surface area contributed by atoms with Crippen LogP contribution in [0.1, 0.15) is 125 Å². The fourth-order valence-corrected chi connectivity index (χ4v) is 23.9. The van der Waals surface area contributed by atoms with Crippen molar-refractivity contribution in [1.82, 2.24) is 0 Å². The zero-order chi connectivity index (χ0) is 83.8. The maximum Gasteiger partial charge on any atom is 0.293 e. The standard InChI is InChI=1S/5C23H18NO/c1-23(2)18-8-5-9-24-13-25-19-12-16-10-14-6-3-4-7-15(14)11-17(16)21(23)20(19)22(18)24;1-23(2)17-8-5-9-19-20(17)22-18(23)12-15-11-10-14-6-3-4-7-16(14)21(15)24(22)13-25-19;1-23(2)17-8-5-9-18-20(17)22-21(23)19-15(12-24(22)13-25-18)11-10-14-6-3-4-7-16(14)19;1-23(2)17-8-5-9-20-21(17)22-18(23)12-16-15-7-4-3-6-14(15)10-11-19(16)24(22)13-25-20;1-23(2)18-8-5-9-19-20(18)22-21(23)16-11-10-14-6-3-4-7-15(14)17(16)12-24(22)13-25-19/h5*3-12H,13H2,1-2H3/q5*+1.